The first-order chi connectivity index (χ1) is 20.9. The Bertz CT molecular complexity index is 1730. The van der Waals surface area contributed by atoms with Crippen molar-refractivity contribution in [2.45, 2.75) is 59.3 Å². The molecule has 0 saturated heterocycles. The van der Waals surface area contributed by atoms with Crippen LogP contribution in [0.1, 0.15) is 70.5 Å². The number of fused-ring (bicyclic) bond motifs is 1. The standard InChI is InChI=1S/C35H35N3O5/c1-4-12-27-20-25(17-18-29(27)43-32(34(39)40)26-15-10-7-11-16-26)21-38-30(5-2)37-31-23(3)19-28(36-33(31)38)35(41)42-22-24-13-8-6-9-14-24/h6-11,13-20,32H,4-5,12,21-22H2,1-3H3,(H,39,40). The maximum atomic E-state index is 13.0. The van der Waals surface area contributed by atoms with E-state index in [1.165, 1.54) is 0 Å². The predicted molar refractivity (Wildman–Crippen MR) is 164 cm³/mol. The van der Waals surface area contributed by atoms with Crippen molar-refractivity contribution >= 4 is 23.1 Å². The number of esters is 1. The number of hydrogen-bond acceptors (Lipinski definition) is 6. The summed E-state index contributed by atoms with van der Waals surface area (Å²) in [6, 6.07) is 26.1. The third-order valence-corrected chi connectivity index (χ3v) is 7.27. The van der Waals surface area contributed by atoms with Gasteiger partial charge in [0.15, 0.2) is 11.3 Å². The highest BCUT2D eigenvalue weighted by molar-refractivity contribution is 5.91. The third kappa shape index (κ3) is 6.75. The number of carboxylic acid groups (broad SMARTS) is 1. The molecule has 5 rings (SSSR count). The molecule has 8 nitrogen and oxygen atoms in total. The molecule has 0 aliphatic carbocycles. The van der Waals surface area contributed by atoms with E-state index >= 15 is 0 Å². The average Bonchev–Trinajstić information content (AvgIpc) is 3.38. The molecule has 0 bridgehead atoms. The number of aromatic nitrogens is 3. The van der Waals surface area contributed by atoms with Gasteiger partial charge >= 0.3 is 11.9 Å². The number of aryl methyl sites for hydroxylation is 3. The van der Waals surface area contributed by atoms with Crippen LogP contribution in [0.5, 0.6) is 5.75 Å². The monoisotopic (exact) mass is 577 g/mol. The summed E-state index contributed by atoms with van der Waals surface area (Å²) in [6.07, 6.45) is 1.17. The van der Waals surface area contributed by atoms with Gasteiger partial charge in [0.2, 0.25) is 6.10 Å². The van der Waals surface area contributed by atoms with Gasteiger partial charge in [-0.15, -0.1) is 0 Å². The Labute approximate surface area is 251 Å². The van der Waals surface area contributed by atoms with Crippen LogP contribution in [0.3, 0.4) is 0 Å². The lowest BCUT2D eigenvalue weighted by Gasteiger charge is -2.19. The van der Waals surface area contributed by atoms with Crippen LogP contribution in [0.4, 0.5) is 0 Å². The van der Waals surface area contributed by atoms with Gasteiger partial charge in [0.05, 0.1) is 6.54 Å². The van der Waals surface area contributed by atoms with Crippen molar-refractivity contribution in [2.24, 2.45) is 0 Å². The van der Waals surface area contributed by atoms with Crippen molar-refractivity contribution in [2.75, 3.05) is 0 Å². The Balaban J connectivity index is 1.44. The van der Waals surface area contributed by atoms with Gasteiger partial charge in [-0.3, -0.25) is 0 Å². The summed E-state index contributed by atoms with van der Waals surface area (Å²) in [6.45, 7) is 6.68. The SMILES string of the molecule is CCCc1cc(Cn2c(CC)nc3c(C)cc(C(=O)OCc4ccccc4)nc32)ccc1OC(C(=O)O)c1ccccc1. The lowest BCUT2D eigenvalue weighted by atomic mass is 10.0. The van der Waals surface area contributed by atoms with E-state index in [9.17, 15) is 14.7 Å². The minimum absolute atomic E-state index is 0.166. The van der Waals surface area contributed by atoms with E-state index in [-0.39, 0.29) is 12.3 Å². The fourth-order valence-electron chi connectivity index (χ4n) is 5.13. The van der Waals surface area contributed by atoms with Gasteiger partial charge in [-0.05, 0) is 47.7 Å². The second-order valence-electron chi connectivity index (χ2n) is 10.5. The first kappa shape index (κ1) is 29.5. The summed E-state index contributed by atoms with van der Waals surface area (Å²) in [5.74, 6) is -0.134. The third-order valence-electron chi connectivity index (χ3n) is 7.27. The van der Waals surface area contributed by atoms with Crippen molar-refractivity contribution in [3.63, 3.8) is 0 Å². The molecule has 0 saturated carbocycles. The van der Waals surface area contributed by atoms with Crippen LogP contribution in [-0.4, -0.2) is 31.6 Å². The molecule has 2 heterocycles. The molecule has 0 fully saturated rings. The number of nitrogens with zero attached hydrogens (tertiary/aromatic N) is 3. The summed E-state index contributed by atoms with van der Waals surface area (Å²) in [5.41, 5.74) is 5.86. The molecule has 0 radical (unpaired) electrons. The van der Waals surface area contributed by atoms with Crippen LogP contribution in [0.2, 0.25) is 0 Å². The molecule has 1 N–H and O–H groups in total. The summed E-state index contributed by atoms with van der Waals surface area (Å²) in [4.78, 5) is 34.6. The fourth-order valence-corrected chi connectivity index (χ4v) is 5.13. The fraction of sp³-hybridized carbons (Fsp3) is 0.257. The molecule has 5 aromatic rings. The zero-order valence-electron chi connectivity index (χ0n) is 24.6. The van der Waals surface area contributed by atoms with Gasteiger partial charge < -0.3 is 19.1 Å². The maximum absolute atomic E-state index is 13.0. The molecular formula is C35H35N3O5. The number of pyridine rings is 1. The van der Waals surface area contributed by atoms with E-state index in [0.29, 0.717) is 29.9 Å². The van der Waals surface area contributed by atoms with Gasteiger partial charge in [0.1, 0.15) is 23.7 Å². The van der Waals surface area contributed by atoms with Crippen LogP contribution >= 0.6 is 0 Å². The lowest BCUT2D eigenvalue weighted by molar-refractivity contribution is -0.145. The van der Waals surface area contributed by atoms with Crippen molar-refractivity contribution in [3.05, 3.63) is 124 Å². The Morgan fingerprint density at radius 2 is 1.63 bits per heavy atom. The van der Waals surface area contributed by atoms with Gasteiger partial charge in [0, 0.05) is 12.0 Å². The topological polar surface area (TPSA) is 104 Å². The zero-order valence-corrected chi connectivity index (χ0v) is 24.6. The Kier molecular flexibility index (Phi) is 9.15. The smallest absolute Gasteiger partial charge is 0.357 e. The largest absolute Gasteiger partial charge is 0.478 e. The highest BCUT2D eigenvalue weighted by atomic mass is 16.5. The Hall–Kier alpha value is -4.98. The second-order valence-corrected chi connectivity index (χ2v) is 10.5. The van der Waals surface area contributed by atoms with Crippen LogP contribution in [0.25, 0.3) is 11.2 Å². The molecule has 3 aromatic carbocycles. The summed E-state index contributed by atoms with van der Waals surface area (Å²) in [5, 5.41) is 9.89. The van der Waals surface area contributed by atoms with Crippen LogP contribution < -0.4 is 4.74 Å². The number of carbonyl (C=O) groups is 2. The molecule has 0 spiro atoms. The van der Waals surface area contributed by atoms with Crippen molar-refractivity contribution in [1.82, 2.24) is 14.5 Å². The molecule has 8 heteroatoms. The van der Waals surface area contributed by atoms with Gasteiger partial charge in [0.25, 0.3) is 0 Å². The van der Waals surface area contributed by atoms with E-state index in [1.54, 1.807) is 30.3 Å². The molecule has 43 heavy (non-hydrogen) atoms. The quantitative estimate of drug-likeness (QED) is 0.162. The van der Waals surface area contributed by atoms with Crippen LogP contribution in [0, 0.1) is 6.92 Å². The summed E-state index contributed by atoms with van der Waals surface area (Å²) < 4.78 is 13.7. The Morgan fingerprint density at radius 3 is 2.30 bits per heavy atom. The Morgan fingerprint density at radius 1 is 0.907 bits per heavy atom. The number of imidazole rings is 1. The van der Waals surface area contributed by atoms with Crippen molar-refractivity contribution < 1.29 is 24.2 Å². The van der Waals surface area contributed by atoms with E-state index in [4.69, 9.17) is 19.4 Å². The number of carboxylic acids is 1. The average molecular weight is 578 g/mol. The molecule has 1 atom stereocenters. The van der Waals surface area contributed by atoms with E-state index < -0.39 is 18.0 Å². The number of rotatable bonds is 12. The summed E-state index contributed by atoms with van der Waals surface area (Å²) >= 11 is 0. The minimum atomic E-state index is -1.11. The van der Waals surface area contributed by atoms with Crippen molar-refractivity contribution in [1.29, 1.82) is 0 Å². The number of benzene rings is 3. The number of hydrogen-bond donors (Lipinski definition) is 1. The van der Waals surface area contributed by atoms with E-state index in [2.05, 4.69) is 13.0 Å². The predicted octanol–water partition coefficient (Wildman–Crippen LogP) is 6.86. The highest BCUT2D eigenvalue weighted by Gasteiger charge is 2.23. The van der Waals surface area contributed by atoms with Crippen LogP contribution in [0.15, 0.2) is 84.9 Å². The molecule has 0 aliphatic heterocycles. The van der Waals surface area contributed by atoms with Gasteiger partial charge in [-0.2, -0.15) is 0 Å². The number of ether oxygens (including phenoxy) is 2. The lowest BCUT2D eigenvalue weighted by Crippen LogP contribution is -2.19. The van der Waals surface area contributed by atoms with Gasteiger partial charge in [-0.25, -0.2) is 19.6 Å². The first-order valence-corrected chi connectivity index (χ1v) is 14.5. The molecule has 2 aromatic heterocycles. The molecular weight excluding hydrogens is 542 g/mol. The van der Waals surface area contributed by atoms with E-state index in [1.807, 2.05) is 66.9 Å². The first-order valence-electron chi connectivity index (χ1n) is 14.5. The number of aliphatic carboxylic acids is 1. The highest BCUT2D eigenvalue weighted by Crippen LogP contribution is 2.29. The molecule has 220 valence electrons. The van der Waals surface area contributed by atoms with Crippen molar-refractivity contribution in [3.8, 4) is 5.75 Å². The maximum Gasteiger partial charge on any atom is 0.357 e. The van der Waals surface area contributed by atoms with Gasteiger partial charge in [-0.1, -0.05) is 93.1 Å². The van der Waals surface area contributed by atoms with Crippen LogP contribution in [-0.2, 0) is 35.5 Å². The minimum Gasteiger partial charge on any atom is -0.478 e. The number of carbonyl (C=O) groups excluding carboxylic acids is 1. The molecule has 0 aliphatic rings. The summed E-state index contributed by atoms with van der Waals surface area (Å²) in [7, 11) is 0. The zero-order chi connectivity index (χ0) is 30.3. The molecule has 1 unspecified atom stereocenters. The molecule has 0 amide bonds. The second kappa shape index (κ2) is 13.3. The van der Waals surface area contributed by atoms with E-state index in [0.717, 1.165) is 46.4 Å². The normalized spacial score (nSPS) is 11.8.